The summed E-state index contributed by atoms with van der Waals surface area (Å²) in [6.07, 6.45) is 0. The smallest absolute Gasteiger partial charge is 0.143 e. The van der Waals surface area contributed by atoms with Gasteiger partial charge in [0, 0.05) is 16.3 Å². The molecule has 0 atom stereocenters. The van der Waals surface area contributed by atoms with E-state index in [1.165, 1.54) is 76.8 Å². The van der Waals surface area contributed by atoms with Crippen molar-refractivity contribution in [2.45, 2.75) is 0 Å². The summed E-state index contributed by atoms with van der Waals surface area (Å²) in [4.78, 5) is 0. The summed E-state index contributed by atoms with van der Waals surface area (Å²) >= 11 is 0. The summed E-state index contributed by atoms with van der Waals surface area (Å²) in [5.74, 6) is 0. The van der Waals surface area contributed by atoms with Gasteiger partial charge in [-0.1, -0.05) is 188 Å². The fraction of sp³-hybridized carbons (Fsp3) is 0. The van der Waals surface area contributed by atoms with Crippen molar-refractivity contribution < 1.29 is 4.42 Å². The van der Waals surface area contributed by atoms with Gasteiger partial charge in [-0.25, -0.2) is 0 Å². The Balaban J connectivity index is 0.989. The summed E-state index contributed by atoms with van der Waals surface area (Å²) in [7, 11) is 0. The van der Waals surface area contributed by atoms with Gasteiger partial charge in [0.25, 0.3) is 0 Å². The molecule has 0 bridgehead atoms. The molecule has 10 aromatic carbocycles. The van der Waals surface area contributed by atoms with Crippen LogP contribution in [0, 0.1) is 0 Å². The predicted octanol–water partition coefficient (Wildman–Crippen LogP) is 15.4. The van der Waals surface area contributed by atoms with Crippen LogP contribution in [0.5, 0.6) is 0 Å². The van der Waals surface area contributed by atoms with E-state index in [9.17, 15) is 0 Å². The molecular formula is C54H34O. The molecule has 0 aliphatic heterocycles. The molecule has 0 radical (unpaired) electrons. The van der Waals surface area contributed by atoms with Crippen molar-refractivity contribution in [3.8, 4) is 55.6 Å². The Kier molecular flexibility index (Phi) is 7.25. The van der Waals surface area contributed by atoms with E-state index in [-0.39, 0.29) is 0 Å². The fourth-order valence-corrected chi connectivity index (χ4v) is 8.62. The van der Waals surface area contributed by atoms with E-state index in [0.717, 1.165) is 33.1 Å². The first-order valence-electron chi connectivity index (χ1n) is 18.9. The van der Waals surface area contributed by atoms with Crippen LogP contribution in [0.15, 0.2) is 211 Å². The van der Waals surface area contributed by atoms with E-state index in [1.807, 2.05) is 12.1 Å². The van der Waals surface area contributed by atoms with E-state index >= 15 is 0 Å². The molecule has 0 aliphatic carbocycles. The van der Waals surface area contributed by atoms with E-state index < -0.39 is 0 Å². The van der Waals surface area contributed by atoms with Gasteiger partial charge in [0.1, 0.15) is 11.2 Å². The number of fused-ring (bicyclic) bond motifs is 6. The zero-order chi connectivity index (χ0) is 36.3. The van der Waals surface area contributed by atoms with Crippen molar-refractivity contribution >= 4 is 54.3 Å². The second-order valence-electron chi connectivity index (χ2n) is 14.4. The van der Waals surface area contributed by atoms with E-state index in [0.29, 0.717) is 0 Å². The molecule has 0 unspecified atom stereocenters. The molecule has 1 nitrogen and oxygen atoms in total. The molecule has 0 aliphatic rings. The maximum atomic E-state index is 6.39. The maximum Gasteiger partial charge on any atom is 0.143 e. The maximum absolute atomic E-state index is 6.39. The monoisotopic (exact) mass is 698 g/mol. The zero-order valence-electron chi connectivity index (χ0n) is 30.0. The largest absolute Gasteiger partial charge is 0.455 e. The van der Waals surface area contributed by atoms with Crippen LogP contribution in [0.1, 0.15) is 0 Å². The Morgan fingerprint density at radius 2 is 0.709 bits per heavy atom. The van der Waals surface area contributed by atoms with E-state index in [2.05, 4.69) is 194 Å². The molecule has 0 N–H and O–H groups in total. The number of furan rings is 1. The van der Waals surface area contributed by atoms with Gasteiger partial charge in [-0.15, -0.1) is 0 Å². The van der Waals surface area contributed by atoms with Crippen LogP contribution in [0.3, 0.4) is 0 Å². The summed E-state index contributed by atoms with van der Waals surface area (Å²) < 4.78 is 6.39. The SMILES string of the molecule is c1cc(-c2ccc(-c3c4ccccc4c(-c4ccc(-c5cccc6c5oc5ccccc56)cc4)c4ccccc34)cc2)cc(-c2ccc3ccccc3c2)c1. The molecule has 0 fully saturated rings. The van der Waals surface area contributed by atoms with Crippen LogP contribution in [0.25, 0.3) is 110 Å². The lowest BCUT2D eigenvalue weighted by Crippen LogP contribution is -1.91. The van der Waals surface area contributed by atoms with Gasteiger partial charge in [0.2, 0.25) is 0 Å². The van der Waals surface area contributed by atoms with Gasteiger partial charge in [0.05, 0.1) is 0 Å². The Hall–Kier alpha value is -7.22. The minimum absolute atomic E-state index is 0.917. The van der Waals surface area contributed by atoms with Crippen LogP contribution >= 0.6 is 0 Å². The second kappa shape index (κ2) is 12.7. The fourth-order valence-electron chi connectivity index (χ4n) is 8.62. The summed E-state index contributed by atoms with van der Waals surface area (Å²) in [5, 5.41) is 9.80. The van der Waals surface area contributed by atoms with Crippen LogP contribution in [0.4, 0.5) is 0 Å². The molecule has 0 amide bonds. The van der Waals surface area contributed by atoms with Crippen molar-refractivity contribution in [3.05, 3.63) is 206 Å². The van der Waals surface area contributed by atoms with Crippen LogP contribution in [-0.4, -0.2) is 0 Å². The first kappa shape index (κ1) is 31.3. The summed E-state index contributed by atoms with van der Waals surface area (Å²) in [6, 6.07) is 74.8. The minimum Gasteiger partial charge on any atom is -0.455 e. The average Bonchev–Trinajstić information content (AvgIpc) is 3.65. The van der Waals surface area contributed by atoms with Crippen molar-refractivity contribution in [2.24, 2.45) is 0 Å². The highest BCUT2D eigenvalue weighted by molar-refractivity contribution is 6.21. The van der Waals surface area contributed by atoms with Crippen molar-refractivity contribution in [1.82, 2.24) is 0 Å². The minimum atomic E-state index is 0.917. The third-order valence-corrected chi connectivity index (χ3v) is 11.3. The average molecular weight is 699 g/mol. The molecule has 0 saturated carbocycles. The highest BCUT2D eigenvalue weighted by atomic mass is 16.3. The zero-order valence-corrected chi connectivity index (χ0v) is 30.0. The normalized spacial score (nSPS) is 11.6. The number of hydrogen-bond donors (Lipinski definition) is 0. The molecule has 55 heavy (non-hydrogen) atoms. The molecular weight excluding hydrogens is 665 g/mol. The molecule has 256 valence electrons. The van der Waals surface area contributed by atoms with Crippen LogP contribution in [-0.2, 0) is 0 Å². The lowest BCUT2D eigenvalue weighted by molar-refractivity contribution is 0.670. The summed E-state index contributed by atoms with van der Waals surface area (Å²) in [6.45, 7) is 0. The Bertz CT molecular complexity index is 3180. The van der Waals surface area contributed by atoms with Gasteiger partial charge < -0.3 is 4.42 Å². The third-order valence-electron chi connectivity index (χ3n) is 11.3. The first-order chi connectivity index (χ1) is 27.3. The first-order valence-corrected chi connectivity index (χ1v) is 18.9. The lowest BCUT2D eigenvalue weighted by atomic mass is 9.85. The molecule has 11 aromatic rings. The molecule has 1 heterocycles. The van der Waals surface area contributed by atoms with Crippen molar-refractivity contribution in [3.63, 3.8) is 0 Å². The standard InChI is InChI=1S/C54H34O/c1-2-12-40-34-43(32-25-35(40)11-1)42-14-9-13-41(33-42)36-23-28-38(29-24-36)52-46-16-3-5-18-48(46)53(49-19-6-4-17-47(49)52)39-30-26-37(27-31-39)44-20-10-21-50-45-15-7-8-22-51(45)55-54(44)50/h1-34H. The Morgan fingerprint density at radius 3 is 1.36 bits per heavy atom. The van der Waals surface area contributed by atoms with E-state index in [4.69, 9.17) is 4.42 Å². The van der Waals surface area contributed by atoms with Crippen molar-refractivity contribution in [1.29, 1.82) is 0 Å². The molecule has 1 aromatic heterocycles. The number of hydrogen-bond acceptors (Lipinski definition) is 1. The highest BCUT2D eigenvalue weighted by Crippen LogP contribution is 2.45. The second-order valence-corrected chi connectivity index (χ2v) is 14.4. The van der Waals surface area contributed by atoms with Gasteiger partial charge in [-0.2, -0.15) is 0 Å². The lowest BCUT2D eigenvalue weighted by Gasteiger charge is -2.18. The number of rotatable bonds is 5. The molecule has 0 spiro atoms. The highest BCUT2D eigenvalue weighted by Gasteiger charge is 2.18. The predicted molar refractivity (Wildman–Crippen MR) is 233 cm³/mol. The van der Waals surface area contributed by atoms with E-state index in [1.54, 1.807) is 0 Å². The third kappa shape index (κ3) is 5.24. The van der Waals surface area contributed by atoms with Gasteiger partial charge >= 0.3 is 0 Å². The van der Waals surface area contributed by atoms with Gasteiger partial charge in [-0.05, 0) is 101 Å². The number of para-hydroxylation sites is 2. The number of benzene rings is 10. The molecule has 0 saturated heterocycles. The van der Waals surface area contributed by atoms with Gasteiger partial charge in [-0.3, -0.25) is 0 Å². The van der Waals surface area contributed by atoms with Crippen LogP contribution in [0.2, 0.25) is 0 Å². The summed E-state index contributed by atoms with van der Waals surface area (Å²) in [5.41, 5.74) is 13.9. The van der Waals surface area contributed by atoms with Gasteiger partial charge in [0.15, 0.2) is 0 Å². The Labute approximate surface area is 319 Å². The quantitative estimate of drug-likeness (QED) is 0.163. The Morgan fingerprint density at radius 1 is 0.255 bits per heavy atom. The molecule has 11 rings (SSSR count). The van der Waals surface area contributed by atoms with Crippen LogP contribution < -0.4 is 0 Å². The van der Waals surface area contributed by atoms with Crippen molar-refractivity contribution in [2.75, 3.05) is 0 Å². The molecule has 1 heteroatoms. The topological polar surface area (TPSA) is 13.1 Å².